The number of benzene rings is 1. The summed E-state index contributed by atoms with van der Waals surface area (Å²) in [5, 5.41) is 12.7. The number of anilines is 1. The summed E-state index contributed by atoms with van der Waals surface area (Å²) in [4.78, 5) is 56.8. The number of likely N-dealkylation sites (N-methyl/N-ethyl adjacent to an activating group) is 1. The van der Waals surface area contributed by atoms with Gasteiger partial charge < -0.3 is 25.8 Å². The summed E-state index contributed by atoms with van der Waals surface area (Å²) in [6.45, 7) is 10.1. The van der Waals surface area contributed by atoms with E-state index in [1.54, 1.807) is 46.8 Å². The van der Waals surface area contributed by atoms with Gasteiger partial charge in [0.2, 0.25) is 23.6 Å². The van der Waals surface area contributed by atoms with Crippen molar-refractivity contribution in [3.8, 4) is 0 Å². The lowest BCUT2D eigenvalue weighted by atomic mass is 9.81. The zero-order valence-electron chi connectivity index (χ0n) is 27.4. The lowest BCUT2D eigenvalue weighted by molar-refractivity contribution is -0.138. The first-order chi connectivity index (χ1) is 21.8. The second-order valence-electron chi connectivity index (χ2n) is 12.8. The second-order valence-corrected chi connectivity index (χ2v) is 12.8. The largest absolute Gasteiger partial charge is 0.344 e. The summed E-state index contributed by atoms with van der Waals surface area (Å²) in [5.74, 6) is -4.96. The smallest absolute Gasteiger partial charge is 0.270 e. The van der Waals surface area contributed by atoms with Crippen LogP contribution in [0.25, 0.3) is 0 Å². The normalized spacial score (nSPS) is 19.3. The number of hydrogen-bond acceptors (Lipinski definition) is 6. The summed E-state index contributed by atoms with van der Waals surface area (Å²) >= 11 is 0. The predicted octanol–water partition coefficient (Wildman–Crippen LogP) is 3.80. The van der Waals surface area contributed by atoms with Crippen LogP contribution in [0.3, 0.4) is 0 Å². The van der Waals surface area contributed by atoms with Crippen LogP contribution in [-0.4, -0.2) is 94.4 Å². The number of alkyl halides is 2. The molecule has 252 valence electrons. The van der Waals surface area contributed by atoms with Crippen molar-refractivity contribution in [3.63, 3.8) is 0 Å². The first kappa shape index (κ1) is 35.0. The fourth-order valence-electron chi connectivity index (χ4n) is 6.10. The van der Waals surface area contributed by atoms with E-state index in [4.69, 9.17) is 0 Å². The molecular formula is C33H47F2N7O4. The van der Waals surface area contributed by atoms with Crippen LogP contribution in [0.1, 0.15) is 87.8 Å². The number of amides is 4. The Labute approximate surface area is 269 Å². The Morgan fingerprint density at radius 3 is 2.17 bits per heavy atom. The number of nitrogens with zero attached hydrogens (tertiary/aromatic N) is 4. The Morgan fingerprint density at radius 1 is 0.957 bits per heavy atom. The fourth-order valence-corrected chi connectivity index (χ4v) is 6.10. The number of hydrogen-bond donors (Lipinski definition) is 3. The zero-order chi connectivity index (χ0) is 33.6. The molecule has 0 spiro atoms. The van der Waals surface area contributed by atoms with Gasteiger partial charge >= 0.3 is 0 Å². The van der Waals surface area contributed by atoms with Gasteiger partial charge in [0.05, 0.1) is 0 Å². The Bertz CT molecular complexity index is 1360. The van der Waals surface area contributed by atoms with E-state index in [9.17, 15) is 28.0 Å². The minimum absolute atomic E-state index is 0.0935. The molecule has 1 aromatic heterocycles. The minimum Gasteiger partial charge on any atom is -0.344 e. The van der Waals surface area contributed by atoms with E-state index in [0.29, 0.717) is 18.8 Å². The maximum absolute atomic E-state index is 14.0. The van der Waals surface area contributed by atoms with E-state index in [1.165, 1.54) is 6.20 Å². The third-order valence-corrected chi connectivity index (χ3v) is 9.12. The maximum Gasteiger partial charge on any atom is 0.270 e. The van der Waals surface area contributed by atoms with Crippen LogP contribution in [0.4, 0.5) is 14.5 Å². The summed E-state index contributed by atoms with van der Waals surface area (Å²) in [5.41, 5.74) is 1.53. The predicted molar refractivity (Wildman–Crippen MR) is 171 cm³/mol. The molecule has 2 aliphatic rings. The van der Waals surface area contributed by atoms with Crippen LogP contribution >= 0.6 is 0 Å². The number of nitrogens with one attached hydrogen (secondary N) is 3. The highest BCUT2D eigenvalue weighted by atomic mass is 19.3. The van der Waals surface area contributed by atoms with Crippen molar-refractivity contribution < 1.29 is 28.0 Å². The molecule has 2 aromatic rings. The van der Waals surface area contributed by atoms with Gasteiger partial charge in [0, 0.05) is 69.3 Å². The van der Waals surface area contributed by atoms with Crippen molar-refractivity contribution in [3.05, 3.63) is 47.8 Å². The number of carbonyl (C=O) groups excluding carboxylic acids is 4. The molecule has 3 atom stereocenters. The molecule has 13 heteroatoms. The van der Waals surface area contributed by atoms with Gasteiger partial charge in [0.25, 0.3) is 5.91 Å². The average molecular weight is 644 g/mol. The third-order valence-electron chi connectivity index (χ3n) is 9.12. The topological polar surface area (TPSA) is 129 Å². The van der Waals surface area contributed by atoms with Crippen molar-refractivity contribution in [2.45, 2.75) is 89.8 Å². The van der Waals surface area contributed by atoms with Gasteiger partial charge in [-0.2, -0.15) is 5.10 Å². The quantitative estimate of drug-likeness (QED) is 0.342. The van der Waals surface area contributed by atoms with E-state index < -0.39 is 35.7 Å². The molecule has 46 heavy (non-hydrogen) atoms. The molecule has 3 N–H and O–H groups in total. The Hall–Kier alpha value is -3.87. The van der Waals surface area contributed by atoms with Crippen LogP contribution in [-0.2, 0) is 14.4 Å². The zero-order valence-corrected chi connectivity index (χ0v) is 27.4. The number of halogens is 2. The molecule has 1 aliphatic carbocycles. The number of piperazine rings is 1. The summed E-state index contributed by atoms with van der Waals surface area (Å²) in [6, 6.07) is 6.66. The van der Waals surface area contributed by atoms with E-state index >= 15 is 0 Å². The highest BCUT2D eigenvalue weighted by molar-refractivity contribution is 6.00. The van der Waals surface area contributed by atoms with Crippen LogP contribution in [0.15, 0.2) is 36.5 Å². The molecular weight excluding hydrogens is 596 g/mol. The van der Waals surface area contributed by atoms with Crippen molar-refractivity contribution in [1.82, 2.24) is 30.2 Å². The van der Waals surface area contributed by atoms with E-state index in [1.807, 2.05) is 27.8 Å². The lowest BCUT2D eigenvalue weighted by Gasteiger charge is -2.36. The molecule has 4 amide bonds. The van der Waals surface area contributed by atoms with E-state index in [-0.39, 0.29) is 61.6 Å². The molecule has 4 rings (SSSR count). The van der Waals surface area contributed by atoms with Crippen LogP contribution in [0.2, 0.25) is 0 Å². The van der Waals surface area contributed by atoms with Crippen molar-refractivity contribution in [2.75, 3.05) is 38.5 Å². The first-order valence-electron chi connectivity index (χ1n) is 16.2. The standard InChI is InChI=1S/C33H47F2N7O4/c1-6-27(43)38-28(32(46)41-19-17-40(5)18-20-41)22(4)23-7-9-25(10-8-23)37-31(45)29(24-11-14-33(34,35)15-12-24)39-30(44)26-13-16-36-42(26)21(2)3/h7-10,13,16,21-22,24,28-29H,6,11-12,14-15,17-20H2,1-5H3,(H,37,45)(H,38,43)(H,39,44)/t22-,28+,29-/m0/s1. The summed E-state index contributed by atoms with van der Waals surface area (Å²) in [7, 11) is 2.01. The van der Waals surface area contributed by atoms with Gasteiger partial charge in [0.15, 0.2) is 0 Å². The Morgan fingerprint density at radius 2 is 1.59 bits per heavy atom. The molecule has 1 saturated carbocycles. The van der Waals surface area contributed by atoms with Gasteiger partial charge in [-0.05, 0) is 63.4 Å². The highest BCUT2D eigenvalue weighted by Crippen LogP contribution is 2.38. The molecule has 2 heterocycles. The van der Waals surface area contributed by atoms with Gasteiger partial charge in [0.1, 0.15) is 17.8 Å². The molecule has 0 bridgehead atoms. The van der Waals surface area contributed by atoms with Crippen LogP contribution < -0.4 is 16.0 Å². The number of aromatic nitrogens is 2. The molecule has 1 aliphatic heterocycles. The number of rotatable bonds is 11. The molecule has 1 saturated heterocycles. The molecule has 0 radical (unpaired) electrons. The second kappa shape index (κ2) is 15.1. The molecule has 11 nitrogen and oxygen atoms in total. The Kier molecular flexibility index (Phi) is 11.5. The Balaban J connectivity index is 1.49. The van der Waals surface area contributed by atoms with E-state index in [0.717, 1.165) is 18.7 Å². The van der Waals surface area contributed by atoms with Gasteiger partial charge in [-0.25, -0.2) is 8.78 Å². The lowest BCUT2D eigenvalue weighted by Crippen LogP contribution is -2.55. The SMILES string of the molecule is CCC(=O)N[C@@H](C(=O)N1CCN(C)CC1)[C@@H](C)c1ccc(NC(=O)[C@@H](NC(=O)c2ccnn2C(C)C)C2CCC(F)(F)CC2)cc1. The van der Waals surface area contributed by atoms with Gasteiger partial charge in [-0.3, -0.25) is 23.9 Å². The molecule has 0 unspecified atom stereocenters. The van der Waals surface area contributed by atoms with Crippen molar-refractivity contribution in [1.29, 1.82) is 0 Å². The molecule has 1 aromatic carbocycles. The van der Waals surface area contributed by atoms with Crippen molar-refractivity contribution >= 4 is 29.3 Å². The monoisotopic (exact) mass is 643 g/mol. The van der Waals surface area contributed by atoms with Gasteiger partial charge in [-0.1, -0.05) is 26.0 Å². The summed E-state index contributed by atoms with van der Waals surface area (Å²) in [6.07, 6.45) is 1.24. The fraction of sp³-hybridized carbons (Fsp3) is 0.606. The molecule has 2 fully saturated rings. The number of carbonyl (C=O) groups is 4. The average Bonchev–Trinajstić information content (AvgIpc) is 3.53. The van der Waals surface area contributed by atoms with Crippen LogP contribution in [0, 0.1) is 5.92 Å². The highest BCUT2D eigenvalue weighted by Gasteiger charge is 2.41. The maximum atomic E-state index is 14.0. The van der Waals surface area contributed by atoms with Crippen LogP contribution in [0.5, 0.6) is 0 Å². The van der Waals surface area contributed by atoms with Crippen molar-refractivity contribution in [2.24, 2.45) is 5.92 Å². The third kappa shape index (κ3) is 8.68. The van der Waals surface area contributed by atoms with Gasteiger partial charge in [-0.15, -0.1) is 0 Å². The van der Waals surface area contributed by atoms with E-state index in [2.05, 4.69) is 25.9 Å². The minimum atomic E-state index is -2.79. The summed E-state index contributed by atoms with van der Waals surface area (Å²) < 4.78 is 29.5. The first-order valence-corrected chi connectivity index (χ1v) is 16.2.